The van der Waals surface area contributed by atoms with Gasteiger partial charge in [-0.25, -0.2) is 4.79 Å². The van der Waals surface area contributed by atoms with Gasteiger partial charge in [0, 0.05) is 13.0 Å². The smallest absolute Gasteiger partial charge is 0.326 e. The number of amides is 1. The molecule has 0 aliphatic heterocycles. The molecule has 1 amide bonds. The van der Waals surface area contributed by atoms with E-state index in [1.807, 2.05) is 0 Å². The third kappa shape index (κ3) is 5.52. The van der Waals surface area contributed by atoms with Crippen molar-refractivity contribution in [2.24, 2.45) is 11.8 Å². The minimum absolute atomic E-state index is 0.520. The molecule has 0 saturated heterocycles. The normalized spacial score (nSPS) is 14.0. The zero-order chi connectivity index (χ0) is 20.6. The average Bonchev–Trinajstić information content (AvgIpc) is 2.66. The summed E-state index contributed by atoms with van der Waals surface area (Å²) in [7, 11) is 3.44. The van der Waals surface area contributed by atoms with Crippen molar-refractivity contribution in [3.05, 3.63) is 35.9 Å². The van der Waals surface area contributed by atoms with Gasteiger partial charge in [0.25, 0.3) is 5.91 Å². The molecule has 0 saturated carbocycles. The SMILES string of the molecule is COC(=O)C(C(=O)OC)[C@@H](C)[C@@H](NC(=O)[C@H](OC)c1ccccc1)C(=O)O. The van der Waals surface area contributed by atoms with Gasteiger partial charge in [0.15, 0.2) is 12.0 Å². The van der Waals surface area contributed by atoms with Crippen LogP contribution in [0.15, 0.2) is 30.3 Å². The first-order valence-electron chi connectivity index (χ1n) is 8.05. The quantitative estimate of drug-likeness (QED) is 0.469. The maximum Gasteiger partial charge on any atom is 0.326 e. The number of ether oxygens (including phenoxy) is 3. The van der Waals surface area contributed by atoms with Gasteiger partial charge in [0.05, 0.1) is 14.2 Å². The van der Waals surface area contributed by atoms with Crippen LogP contribution in [0, 0.1) is 11.8 Å². The second-order valence-electron chi connectivity index (χ2n) is 5.73. The number of aliphatic carboxylic acids is 1. The van der Waals surface area contributed by atoms with E-state index >= 15 is 0 Å². The number of methoxy groups -OCH3 is 3. The topological polar surface area (TPSA) is 128 Å². The molecule has 9 heteroatoms. The number of rotatable bonds is 9. The van der Waals surface area contributed by atoms with E-state index in [4.69, 9.17) is 4.74 Å². The molecule has 1 aromatic rings. The van der Waals surface area contributed by atoms with Crippen molar-refractivity contribution in [2.45, 2.75) is 19.1 Å². The van der Waals surface area contributed by atoms with Crippen molar-refractivity contribution < 1.29 is 38.5 Å². The summed E-state index contributed by atoms with van der Waals surface area (Å²) in [6, 6.07) is 6.92. The lowest BCUT2D eigenvalue weighted by Gasteiger charge is -2.27. The van der Waals surface area contributed by atoms with Crippen molar-refractivity contribution in [3.63, 3.8) is 0 Å². The highest BCUT2D eigenvalue weighted by Crippen LogP contribution is 2.22. The predicted molar refractivity (Wildman–Crippen MR) is 92.4 cm³/mol. The van der Waals surface area contributed by atoms with Gasteiger partial charge in [-0.3, -0.25) is 14.4 Å². The number of esters is 2. The first kappa shape index (κ1) is 22.1. The Labute approximate surface area is 156 Å². The highest BCUT2D eigenvalue weighted by molar-refractivity contribution is 5.96. The maximum absolute atomic E-state index is 12.6. The van der Waals surface area contributed by atoms with Crippen molar-refractivity contribution in [2.75, 3.05) is 21.3 Å². The van der Waals surface area contributed by atoms with E-state index in [1.54, 1.807) is 30.3 Å². The van der Waals surface area contributed by atoms with Gasteiger partial charge in [-0.2, -0.15) is 0 Å². The number of carbonyl (C=O) groups is 4. The minimum Gasteiger partial charge on any atom is -0.480 e. The first-order valence-corrected chi connectivity index (χ1v) is 8.05. The number of nitrogens with one attached hydrogen (secondary N) is 1. The van der Waals surface area contributed by atoms with Crippen molar-refractivity contribution >= 4 is 23.8 Å². The molecular formula is C18H23NO8. The van der Waals surface area contributed by atoms with Crippen LogP contribution in [0.2, 0.25) is 0 Å². The molecule has 0 aromatic heterocycles. The summed E-state index contributed by atoms with van der Waals surface area (Å²) in [5, 5.41) is 11.8. The van der Waals surface area contributed by atoms with Gasteiger partial charge in [0.2, 0.25) is 0 Å². The third-order valence-electron chi connectivity index (χ3n) is 4.10. The van der Waals surface area contributed by atoms with Gasteiger partial charge in [-0.1, -0.05) is 37.3 Å². The molecule has 0 aliphatic rings. The maximum atomic E-state index is 12.6. The number of benzene rings is 1. The number of carboxylic acid groups (broad SMARTS) is 1. The fourth-order valence-corrected chi connectivity index (χ4v) is 2.64. The van der Waals surface area contributed by atoms with Crippen molar-refractivity contribution in [1.82, 2.24) is 5.32 Å². The van der Waals surface area contributed by atoms with Crippen molar-refractivity contribution in [1.29, 1.82) is 0 Å². The number of hydrogen-bond donors (Lipinski definition) is 2. The molecule has 0 aliphatic carbocycles. The van der Waals surface area contributed by atoms with Gasteiger partial charge < -0.3 is 24.6 Å². The summed E-state index contributed by atoms with van der Waals surface area (Å²) in [4.78, 5) is 48.1. The Hall–Kier alpha value is -2.94. The summed E-state index contributed by atoms with van der Waals surface area (Å²) in [5.74, 6) is -6.71. The van der Waals surface area contributed by atoms with Gasteiger partial charge in [0.1, 0.15) is 6.04 Å². The van der Waals surface area contributed by atoms with Crippen LogP contribution >= 0.6 is 0 Å². The Morgan fingerprint density at radius 1 is 0.963 bits per heavy atom. The standard InChI is InChI=1S/C18H23NO8/c1-10(12(17(23)26-3)18(24)27-4)13(16(21)22)19-15(20)14(25-2)11-8-6-5-7-9-11/h5-10,12-14H,1-4H3,(H,19,20)(H,21,22)/t10-,13-,14-/m1/s1. The summed E-state index contributed by atoms with van der Waals surface area (Å²) in [6.07, 6.45) is -1.06. The molecule has 0 heterocycles. The van der Waals surface area contributed by atoms with E-state index in [0.717, 1.165) is 14.2 Å². The second kappa shape index (κ2) is 10.3. The van der Waals surface area contributed by atoms with Crippen LogP contribution in [0.3, 0.4) is 0 Å². The van der Waals surface area contributed by atoms with Crippen LogP contribution in [0.5, 0.6) is 0 Å². The van der Waals surface area contributed by atoms with E-state index in [-0.39, 0.29) is 0 Å². The van der Waals surface area contributed by atoms with E-state index in [9.17, 15) is 24.3 Å². The largest absolute Gasteiger partial charge is 0.480 e. The first-order chi connectivity index (χ1) is 12.8. The Bertz CT molecular complexity index is 659. The van der Waals surface area contributed by atoms with Gasteiger partial charge in [-0.15, -0.1) is 0 Å². The molecule has 0 fully saturated rings. The van der Waals surface area contributed by atoms with E-state index in [2.05, 4.69) is 14.8 Å². The molecule has 0 unspecified atom stereocenters. The van der Waals surface area contributed by atoms with Crippen LogP contribution in [0.1, 0.15) is 18.6 Å². The van der Waals surface area contributed by atoms with Crippen LogP contribution in [0.4, 0.5) is 0 Å². The number of hydrogen-bond acceptors (Lipinski definition) is 7. The molecule has 3 atom stereocenters. The predicted octanol–water partition coefficient (Wildman–Crippen LogP) is 0.542. The molecule has 2 N–H and O–H groups in total. The molecule has 1 aromatic carbocycles. The number of carbonyl (C=O) groups excluding carboxylic acids is 3. The third-order valence-corrected chi connectivity index (χ3v) is 4.10. The molecule has 9 nitrogen and oxygen atoms in total. The van der Waals surface area contributed by atoms with Gasteiger partial charge >= 0.3 is 17.9 Å². The average molecular weight is 381 g/mol. The molecule has 1 rings (SSSR count). The van der Waals surface area contributed by atoms with E-state index < -0.39 is 47.8 Å². The molecular weight excluding hydrogens is 358 g/mol. The minimum atomic E-state index is -1.55. The lowest BCUT2D eigenvalue weighted by atomic mass is 9.87. The molecule has 0 radical (unpaired) electrons. The fourth-order valence-electron chi connectivity index (χ4n) is 2.64. The summed E-state index contributed by atoms with van der Waals surface area (Å²) in [5.41, 5.74) is 0.520. The molecule has 0 bridgehead atoms. The Morgan fingerprint density at radius 2 is 1.48 bits per heavy atom. The monoisotopic (exact) mass is 381 g/mol. The summed E-state index contributed by atoms with van der Waals surface area (Å²) >= 11 is 0. The highest BCUT2D eigenvalue weighted by Gasteiger charge is 2.42. The highest BCUT2D eigenvalue weighted by atomic mass is 16.5. The lowest BCUT2D eigenvalue weighted by molar-refractivity contribution is -0.163. The van der Waals surface area contributed by atoms with Crippen LogP contribution in [0.25, 0.3) is 0 Å². The molecule has 148 valence electrons. The van der Waals surface area contributed by atoms with Crippen LogP contribution in [-0.4, -0.2) is 56.3 Å². The molecule has 27 heavy (non-hydrogen) atoms. The Balaban J connectivity index is 3.09. The number of carboxylic acids is 1. The zero-order valence-corrected chi connectivity index (χ0v) is 15.5. The molecule has 0 spiro atoms. The van der Waals surface area contributed by atoms with Crippen molar-refractivity contribution in [3.8, 4) is 0 Å². The summed E-state index contributed by atoms with van der Waals surface area (Å²) in [6.45, 7) is 1.34. The zero-order valence-electron chi connectivity index (χ0n) is 15.5. The second-order valence-corrected chi connectivity index (χ2v) is 5.73. The van der Waals surface area contributed by atoms with E-state index in [0.29, 0.717) is 5.56 Å². The Kier molecular flexibility index (Phi) is 8.40. The van der Waals surface area contributed by atoms with Crippen LogP contribution in [-0.2, 0) is 33.4 Å². The fraction of sp³-hybridized carbons (Fsp3) is 0.444. The summed E-state index contributed by atoms with van der Waals surface area (Å²) < 4.78 is 14.3. The van der Waals surface area contributed by atoms with Crippen LogP contribution < -0.4 is 5.32 Å². The lowest BCUT2D eigenvalue weighted by Crippen LogP contribution is -2.51. The van der Waals surface area contributed by atoms with E-state index in [1.165, 1.54) is 14.0 Å². The Morgan fingerprint density at radius 3 is 1.89 bits per heavy atom. The van der Waals surface area contributed by atoms with Gasteiger partial charge in [-0.05, 0) is 5.56 Å².